The number of fused-ring (bicyclic) bond motifs is 1. The normalized spacial score (nSPS) is 11.2. The molecule has 3 aromatic rings. The first-order valence-electron chi connectivity index (χ1n) is 6.37. The number of nitrogen functional groups attached to an aromatic ring is 1. The van der Waals surface area contributed by atoms with Gasteiger partial charge in [0.1, 0.15) is 0 Å². The molecule has 0 unspecified atom stereocenters. The van der Waals surface area contributed by atoms with Gasteiger partial charge in [0.05, 0.1) is 22.6 Å². The molecule has 0 spiro atoms. The summed E-state index contributed by atoms with van der Waals surface area (Å²) in [5, 5.41) is 9.45. The molecule has 1 heterocycles. The highest BCUT2D eigenvalue weighted by atomic mass is 15.1. The lowest BCUT2D eigenvalue weighted by Crippen LogP contribution is -1.91. The summed E-state index contributed by atoms with van der Waals surface area (Å²) in [4.78, 5) is 4.46. The Bertz CT molecular complexity index is 779. The van der Waals surface area contributed by atoms with Crippen LogP contribution in [0.5, 0.6) is 0 Å². The van der Waals surface area contributed by atoms with E-state index in [1.165, 1.54) is 0 Å². The van der Waals surface area contributed by atoms with Crippen LogP contribution in [0.25, 0.3) is 10.9 Å². The summed E-state index contributed by atoms with van der Waals surface area (Å²) in [6.07, 6.45) is 0. The Morgan fingerprint density at radius 2 is 1.70 bits per heavy atom. The van der Waals surface area contributed by atoms with Crippen molar-refractivity contribution in [1.82, 2.24) is 4.98 Å². The molecule has 0 aliphatic rings. The van der Waals surface area contributed by atoms with Crippen LogP contribution in [-0.4, -0.2) is 4.98 Å². The third-order valence-electron chi connectivity index (χ3n) is 3.03. The van der Waals surface area contributed by atoms with Crippen molar-refractivity contribution in [2.75, 3.05) is 5.73 Å². The van der Waals surface area contributed by atoms with Crippen molar-refractivity contribution in [2.45, 2.75) is 6.92 Å². The van der Waals surface area contributed by atoms with Crippen LogP contribution in [0.2, 0.25) is 0 Å². The fourth-order valence-electron chi connectivity index (χ4n) is 2.01. The monoisotopic (exact) mass is 262 g/mol. The van der Waals surface area contributed by atoms with Crippen molar-refractivity contribution in [1.29, 1.82) is 0 Å². The molecule has 20 heavy (non-hydrogen) atoms. The maximum Gasteiger partial charge on any atom is 0.0956 e. The quantitative estimate of drug-likeness (QED) is 0.544. The van der Waals surface area contributed by atoms with Crippen molar-refractivity contribution in [3.8, 4) is 0 Å². The second-order valence-corrected chi connectivity index (χ2v) is 4.56. The highest BCUT2D eigenvalue weighted by Gasteiger charge is 2.05. The van der Waals surface area contributed by atoms with Crippen molar-refractivity contribution >= 4 is 28.0 Å². The Balaban J connectivity index is 2.09. The van der Waals surface area contributed by atoms with Crippen molar-refractivity contribution in [3.63, 3.8) is 0 Å². The van der Waals surface area contributed by atoms with Gasteiger partial charge >= 0.3 is 0 Å². The lowest BCUT2D eigenvalue weighted by molar-refractivity contribution is 1.23. The summed E-state index contributed by atoms with van der Waals surface area (Å²) in [6.45, 7) is 1.94. The minimum Gasteiger partial charge on any atom is -0.397 e. The lowest BCUT2D eigenvalue weighted by atomic mass is 10.1. The number of hydrogen-bond acceptors (Lipinski definition) is 4. The fraction of sp³-hybridized carbons (Fsp3) is 0.0625. The Kier molecular flexibility index (Phi) is 3.13. The Labute approximate surface area is 117 Å². The molecule has 0 aliphatic heterocycles. The van der Waals surface area contributed by atoms with Gasteiger partial charge in [-0.25, -0.2) is 0 Å². The van der Waals surface area contributed by atoms with Crippen LogP contribution in [0, 0.1) is 6.92 Å². The zero-order valence-corrected chi connectivity index (χ0v) is 11.1. The first kappa shape index (κ1) is 12.3. The third kappa shape index (κ3) is 2.36. The summed E-state index contributed by atoms with van der Waals surface area (Å²) < 4.78 is 0. The summed E-state index contributed by atoms with van der Waals surface area (Å²) in [6, 6.07) is 17.2. The topological polar surface area (TPSA) is 63.6 Å². The van der Waals surface area contributed by atoms with Gasteiger partial charge in [-0.2, -0.15) is 5.11 Å². The first-order chi connectivity index (χ1) is 9.74. The first-order valence-corrected chi connectivity index (χ1v) is 6.37. The Hall–Kier alpha value is -2.75. The summed E-state index contributed by atoms with van der Waals surface area (Å²) in [5.74, 6) is 0. The zero-order valence-electron chi connectivity index (χ0n) is 11.1. The Morgan fingerprint density at radius 1 is 0.900 bits per heavy atom. The molecule has 2 N–H and O–H groups in total. The van der Waals surface area contributed by atoms with E-state index in [0.717, 1.165) is 28.0 Å². The van der Waals surface area contributed by atoms with Gasteiger partial charge in [0.15, 0.2) is 0 Å². The van der Waals surface area contributed by atoms with Gasteiger partial charge in [-0.3, -0.25) is 4.98 Å². The number of aryl methyl sites for hydroxylation is 1. The molecule has 0 saturated carbocycles. The smallest absolute Gasteiger partial charge is 0.0956 e. The highest BCUT2D eigenvalue weighted by Crippen LogP contribution is 2.30. The van der Waals surface area contributed by atoms with E-state index < -0.39 is 0 Å². The van der Waals surface area contributed by atoms with E-state index >= 15 is 0 Å². The van der Waals surface area contributed by atoms with Crippen LogP contribution in [-0.2, 0) is 0 Å². The van der Waals surface area contributed by atoms with Crippen LogP contribution in [0.3, 0.4) is 0 Å². The standard InChI is InChI=1S/C16H14N4/c1-11-7-8-13-15(10-9-14(17)16(13)18-11)20-19-12-5-3-2-4-6-12/h2-10H,17H2,1H3. The minimum atomic E-state index is 0.655. The fourth-order valence-corrected chi connectivity index (χ4v) is 2.01. The van der Waals surface area contributed by atoms with Gasteiger partial charge in [-0.05, 0) is 43.3 Å². The largest absolute Gasteiger partial charge is 0.397 e. The predicted octanol–water partition coefficient (Wildman–Crippen LogP) is 4.54. The van der Waals surface area contributed by atoms with Gasteiger partial charge in [-0.15, -0.1) is 5.11 Å². The number of rotatable bonds is 2. The minimum absolute atomic E-state index is 0.655. The zero-order chi connectivity index (χ0) is 13.9. The average molecular weight is 262 g/mol. The molecule has 1 aromatic heterocycles. The van der Waals surface area contributed by atoms with E-state index in [2.05, 4.69) is 15.2 Å². The number of pyridine rings is 1. The SMILES string of the molecule is Cc1ccc2c(N=Nc3ccccc3)ccc(N)c2n1. The van der Waals surface area contributed by atoms with E-state index in [0.29, 0.717) is 5.69 Å². The maximum absolute atomic E-state index is 5.97. The molecule has 0 fully saturated rings. The van der Waals surface area contributed by atoms with Gasteiger partial charge in [0.2, 0.25) is 0 Å². The number of nitrogens with two attached hydrogens (primary N) is 1. The van der Waals surface area contributed by atoms with Crippen molar-refractivity contribution < 1.29 is 0 Å². The highest BCUT2D eigenvalue weighted by molar-refractivity contribution is 5.97. The van der Waals surface area contributed by atoms with Crippen LogP contribution in [0.4, 0.5) is 17.1 Å². The van der Waals surface area contributed by atoms with Crippen LogP contribution in [0.15, 0.2) is 64.8 Å². The van der Waals surface area contributed by atoms with Gasteiger partial charge < -0.3 is 5.73 Å². The molecule has 4 nitrogen and oxygen atoms in total. The van der Waals surface area contributed by atoms with E-state index in [4.69, 9.17) is 5.73 Å². The van der Waals surface area contributed by atoms with Crippen LogP contribution in [0.1, 0.15) is 5.69 Å². The van der Waals surface area contributed by atoms with E-state index in [9.17, 15) is 0 Å². The van der Waals surface area contributed by atoms with Crippen molar-refractivity contribution in [3.05, 3.63) is 60.3 Å². The second-order valence-electron chi connectivity index (χ2n) is 4.56. The molecule has 0 atom stereocenters. The van der Waals surface area contributed by atoms with Gasteiger partial charge in [-0.1, -0.05) is 18.2 Å². The van der Waals surface area contributed by atoms with Gasteiger partial charge in [0.25, 0.3) is 0 Å². The number of nitrogens with zero attached hydrogens (tertiary/aromatic N) is 3. The van der Waals surface area contributed by atoms with Crippen LogP contribution >= 0.6 is 0 Å². The molecule has 0 radical (unpaired) electrons. The number of anilines is 1. The molecular weight excluding hydrogens is 248 g/mol. The third-order valence-corrected chi connectivity index (χ3v) is 3.03. The molecule has 4 heteroatoms. The molecule has 3 rings (SSSR count). The number of azo groups is 1. The molecule has 98 valence electrons. The number of hydrogen-bond donors (Lipinski definition) is 1. The average Bonchev–Trinajstić information content (AvgIpc) is 2.48. The number of aromatic nitrogens is 1. The maximum atomic E-state index is 5.97. The van der Waals surface area contributed by atoms with Crippen molar-refractivity contribution in [2.24, 2.45) is 10.2 Å². The van der Waals surface area contributed by atoms with E-state index in [1.54, 1.807) is 0 Å². The molecule has 0 aliphatic carbocycles. The molecular formula is C16H14N4. The number of benzene rings is 2. The van der Waals surface area contributed by atoms with Crippen LogP contribution < -0.4 is 5.73 Å². The summed E-state index contributed by atoms with van der Waals surface area (Å²) >= 11 is 0. The van der Waals surface area contributed by atoms with E-state index in [-0.39, 0.29) is 0 Å². The van der Waals surface area contributed by atoms with E-state index in [1.807, 2.05) is 61.5 Å². The molecule has 0 saturated heterocycles. The predicted molar refractivity (Wildman–Crippen MR) is 81.5 cm³/mol. The van der Waals surface area contributed by atoms with Gasteiger partial charge in [0, 0.05) is 11.1 Å². The Morgan fingerprint density at radius 3 is 2.50 bits per heavy atom. The molecule has 0 amide bonds. The summed E-state index contributed by atoms with van der Waals surface area (Å²) in [7, 11) is 0. The summed E-state index contributed by atoms with van der Waals surface area (Å²) in [5.41, 5.74) is 9.91. The second kappa shape index (κ2) is 5.09. The molecule has 2 aromatic carbocycles. The lowest BCUT2D eigenvalue weighted by Gasteiger charge is -2.04. The molecule has 0 bridgehead atoms.